The fourth-order valence-electron chi connectivity index (χ4n) is 3.80. The van der Waals surface area contributed by atoms with E-state index in [1.54, 1.807) is 17.9 Å². The van der Waals surface area contributed by atoms with Crippen LogP contribution in [0.5, 0.6) is 0 Å². The lowest BCUT2D eigenvalue weighted by Gasteiger charge is -2.38. The van der Waals surface area contributed by atoms with Crippen molar-refractivity contribution in [3.63, 3.8) is 0 Å². The molecule has 7 nitrogen and oxygen atoms in total. The molecular weight excluding hydrogens is 431 g/mol. The number of hydrogen-bond acceptors (Lipinski definition) is 5. The van der Waals surface area contributed by atoms with Crippen molar-refractivity contribution in [1.82, 2.24) is 15.1 Å². The number of nitrogens with one attached hydrogen (secondary N) is 1. The van der Waals surface area contributed by atoms with E-state index in [1.165, 1.54) is 28.4 Å². The van der Waals surface area contributed by atoms with Crippen LogP contribution >= 0.6 is 11.3 Å². The van der Waals surface area contributed by atoms with E-state index >= 15 is 0 Å². The summed E-state index contributed by atoms with van der Waals surface area (Å²) in [6, 6.07) is 7.82. The predicted molar refractivity (Wildman–Crippen MR) is 121 cm³/mol. The lowest BCUT2D eigenvalue weighted by molar-refractivity contribution is -0.121. The van der Waals surface area contributed by atoms with Crippen LogP contribution in [0.3, 0.4) is 0 Å². The molecule has 1 saturated heterocycles. The molecule has 9 heteroatoms. The zero-order valence-corrected chi connectivity index (χ0v) is 18.8. The van der Waals surface area contributed by atoms with Crippen molar-refractivity contribution in [1.29, 1.82) is 0 Å². The van der Waals surface area contributed by atoms with Gasteiger partial charge < -0.3 is 9.80 Å². The first-order valence-electron chi connectivity index (χ1n) is 10.2. The number of nitrogens with zero attached hydrogens (tertiary/aromatic N) is 3. The summed E-state index contributed by atoms with van der Waals surface area (Å²) < 4.78 is 14.6. The molecule has 166 valence electrons. The highest BCUT2D eigenvalue weighted by molar-refractivity contribution is 7.14. The third-order valence-electron chi connectivity index (χ3n) is 5.88. The Labute approximate surface area is 188 Å². The van der Waals surface area contributed by atoms with Crippen LogP contribution in [0.4, 0.5) is 9.39 Å². The summed E-state index contributed by atoms with van der Waals surface area (Å²) in [5, 5.41) is 9.29. The third kappa shape index (κ3) is 4.08. The number of carbonyl (C=O) groups excluding carboxylic acids is 2. The van der Waals surface area contributed by atoms with Crippen LogP contribution < -0.4 is 10.5 Å². The van der Waals surface area contributed by atoms with E-state index in [-0.39, 0.29) is 29.6 Å². The molecule has 1 aliphatic rings. The molecule has 32 heavy (non-hydrogen) atoms. The molecule has 0 bridgehead atoms. The summed E-state index contributed by atoms with van der Waals surface area (Å²) in [5.74, 6) is -1.35. The molecule has 2 amide bonds. The molecule has 1 N–H and O–H groups in total. The summed E-state index contributed by atoms with van der Waals surface area (Å²) in [5.41, 5.74) is 2.35. The van der Waals surface area contributed by atoms with Gasteiger partial charge in [0.15, 0.2) is 0 Å². The summed E-state index contributed by atoms with van der Waals surface area (Å²) in [4.78, 5) is 40.7. The molecule has 0 spiro atoms. The fraction of sp³-hybridized carbons (Fsp3) is 0.304. The number of benzene rings is 1. The maximum atomic E-state index is 14.6. The SMILES string of the molecule is Cc1c(Cc2ccc(F)c(C(=O)N3CC(=O)N(c4cccs4)C[C@H]3C)c2)n[nH]c(=O)c1C. The molecule has 0 radical (unpaired) electrons. The number of aromatic nitrogens is 2. The first-order chi connectivity index (χ1) is 15.3. The summed E-state index contributed by atoms with van der Waals surface area (Å²) in [6.07, 6.45) is 0.338. The molecule has 0 saturated carbocycles. The molecule has 2 aromatic heterocycles. The highest BCUT2D eigenvalue weighted by atomic mass is 32.1. The number of carbonyl (C=O) groups is 2. The van der Waals surface area contributed by atoms with Crippen molar-refractivity contribution in [2.45, 2.75) is 33.2 Å². The average molecular weight is 455 g/mol. The van der Waals surface area contributed by atoms with Crippen molar-refractivity contribution in [3.05, 3.63) is 79.8 Å². The van der Waals surface area contributed by atoms with Gasteiger partial charge in [-0.3, -0.25) is 14.4 Å². The number of rotatable bonds is 4. The monoisotopic (exact) mass is 454 g/mol. The molecule has 1 atom stereocenters. The lowest BCUT2D eigenvalue weighted by atomic mass is 10.0. The number of halogens is 1. The van der Waals surface area contributed by atoms with Gasteiger partial charge in [-0.2, -0.15) is 5.10 Å². The summed E-state index contributed by atoms with van der Waals surface area (Å²) in [7, 11) is 0. The summed E-state index contributed by atoms with van der Waals surface area (Å²) in [6.45, 7) is 5.62. The first-order valence-corrected chi connectivity index (χ1v) is 11.1. The quantitative estimate of drug-likeness (QED) is 0.657. The van der Waals surface area contributed by atoms with Crippen LogP contribution in [0, 0.1) is 19.7 Å². The highest BCUT2D eigenvalue weighted by Crippen LogP contribution is 2.26. The van der Waals surface area contributed by atoms with Crippen LogP contribution in [-0.2, 0) is 11.2 Å². The van der Waals surface area contributed by atoms with Crippen molar-refractivity contribution in [2.24, 2.45) is 0 Å². The van der Waals surface area contributed by atoms with Crippen LogP contribution in [0.2, 0.25) is 0 Å². The van der Waals surface area contributed by atoms with E-state index in [9.17, 15) is 18.8 Å². The first kappa shape index (κ1) is 21.9. The second-order valence-corrected chi connectivity index (χ2v) is 8.90. The lowest BCUT2D eigenvalue weighted by Crippen LogP contribution is -2.57. The minimum Gasteiger partial charge on any atom is -0.325 e. The van der Waals surface area contributed by atoms with E-state index in [2.05, 4.69) is 10.2 Å². The maximum absolute atomic E-state index is 14.6. The number of amides is 2. The van der Waals surface area contributed by atoms with Gasteiger partial charge in [-0.1, -0.05) is 6.07 Å². The zero-order chi connectivity index (χ0) is 23.0. The Balaban J connectivity index is 1.57. The number of aromatic amines is 1. The Morgan fingerprint density at radius 3 is 2.75 bits per heavy atom. The minimum absolute atomic E-state index is 0.0782. The normalized spacial score (nSPS) is 16.5. The topological polar surface area (TPSA) is 86.4 Å². The van der Waals surface area contributed by atoms with Gasteiger partial charge in [-0.25, -0.2) is 9.49 Å². The largest absolute Gasteiger partial charge is 0.325 e. The number of anilines is 1. The van der Waals surface area contributed by atoms with Gasteiger partial charge in [-0.15, -0.1) is 11.3 Å². The maximum Gasteiger partial charge on any atom is 0.267 e. The van der Waals surface area contributed by atoms with E-state index in [4.69, 9.17) is 0 Å². The van der Waals surface area contributed by atoms with E-state index in [0.717, 1.165) is 10.6 Å². The van der Waals surface area contributed by atoms with Gasteiger partial charge in [-0.05, 0) is 61.5 Å². The Kier molecular flexibility index (Phi) is 5.92. The van der Waals surface area contributed by atoms with Gasteiger partial charge in [0.25, 0.3) is 11.5 Å². The van der Waals surface area contributed by atoms with E-state index < -0.39 is 11.7 Å². The smallest absolute Gasteiger partial charge is 0.267 e. The molecule has 0 unspecified atom stereocenters. The predicted octanol–water partition coefficient (Wildman–Crippen LogP) is 3.06. The van der Waals surface area contributed by atoms with Crippen molar-refractivity contribution >= 4 is 28.2 Å². The van der Waals surface area contributed by atoms with Gasteiger partial charge in [0.05, 0.1) is 16.3 Å². The van der Waals surface area contributed by atoms with Crippen LogP contribution in [0.1, 0.15) is 39.7 Å². The van der Waals surface area contributed by atoms with Crippen LogP contribution in [-0.4, -0.2) is 46.0 Å². The van der Waals surface area contributed by atoms with Crippen LogP contribution in [0.25, 0.3) is 0 Å². The zero-order valence-electron chi connectivity index (χ0n) is 18.0. The number of hydrogen-bond donors (Lipinski definition) is 1. The molecule has 3 aromatic rings. The third-order valence-corrected chi connectivity index (χ3v) is 6.77. The van der Waals surface area contributed by atoms with E-state index in [0.29, 0.717) is 29.8 Å². The van der Waals surface area contributed by atoms with Gasteiger partial charge in [0.1, 0.15) is 12.4 Å². The van der Waals surface area contributed by atoms with Gasteiger partial charge in [0, 0.05) is 24.6 Å². The van der Waals surface area contributed by atoms with E-state index in [1.807, 2.05) is 31.4 Å². The Bertz CT molecular complexity index is 1240. The highest BCUT2D eigenvalue weighted by Gasteiger charge is 2.35. The van der Waals surface area contributed by atoms with Crippen LogP contribution in [0.15, 0.2) is 40.5 Å². The van der Waals surface area contributed by atoms with Crippen molar-refractivity contribution in [2.75, 3.05) is 18.0 Å². The standard InChI is InChI=1S/C23H23FN4O3S/c1-13-11-28(21-5-4-8-32-21)20(29)12-27(13)23(31)17-9-16(6-7-18(17)24)10-19-14(2)15(3)22(30)26-25-19/h4-9,13H,10-12H2,1-3H3,(H,26,30)/t13-/m1/s1. The minimum atomic E-state index is -0.638. The average Bonchev–Trinajstić information content (AvgIpc) is 3.31. The molecule has 3 heterocycles. The second kappa shape index (κ2) is 8.66. The Morgan fingerprint density at radius 2 is 2.03 bits per heavy atom. The molecule has 0 aliphatic carbocycles. The Hall–Kier alpha value is -3.33. The van der Waals surface area contributed by atoms with Gasteiger partial charge >= 0.3 is 0 Å². The van der Waals surface area contributed by atoms with Gasteiger partial charge in [0.2, 0.25) is 5.91 Å². The number of H-pyrrole nitrogens is 1. The number of thiophene rings is 1. The molecule has 4 rings (SSSR count). The van der Waals surface area contributed by atoms with Crippen molar-refractivity contribution < 1.29 is 14.0 Å². The second-order valence-electron chi connectivity index (χ2n) is 7.98. The van der Waals surface area contributed by atoms with Crippen molar-refractivity contribution in [3.8, 4) is 0 Å². The number of piperazine rings is 1. The fourth-order valence-corrected chi connectivity index (χ4v) is 4.56. The molecule has 1 fully saturated rings. The summed E-state index contributed by atoms with van der Waals surface area (Å²) >= 11 is 1.46. The molecule has 1 aliphatic heterocycles. The molecular formula is C23H23FN4O3S. The Morgan fingerprint density at radius 1 is 1.25 bits per heavy atom. The molecule has 1 aromatic carbocycles.